The molecule has 0 fully saturated rings. The number of ether oxygens (including phenoxy) is 1. The molecular weight excluding hydrogens is 586 g/mol. The Bertz CT molecular complexity index is 1470. The van der Waals surface area contributed by atoms with Gasteiger partial charge in [-0.1, -0.05) is 27.7 Å². The highest BCUT2D eigenvalue weighted by Gasteiger charge is 2.22. The minimum absolute atomic E-state index is 0.0960. The third-order valence-corrected chi connectivity index (χ3v) is 7.17. The van der Waals surface area contributed by atoms with Gasteiger partial charge in [-0.25, -0.2) is 8.78 Å². The predicted molar refractivity (Wildman–Crippen MR) is 165 cm³/mol. The normalized spacial score (nSPS) is 11.3. The molecule has 2 aromatic heterocycles. The highest BCUT2D eigenvalue weighted by atomic mass is 79.9. The van der Waals surface area contributed by atoms with Crippen LogP contribution in [0.25, 0.3) is 22.3 Å². The van der Waals surface area contributed by atoms with E-state index in [0.717, 1.165) is 37.9 Å². The zero-order valence-corrected chi connectivity index (χ0v) is 26.2. The van der Waals surface area contributed by atoms with E-state index in [-0.39, 0.29) is 35.9 Å². The van der Waals surface area contributed by atoms with Crippen molar-refractivity contribution in [1.29, 1.82) is 0 Å². The van der Waals surface area contributed by atoms with E-state index in [9.17, 15) is 13.6 Å². The van der Waals surface area contributed by atoms with Gasteiger partial charge in [0.1, 0.15) is 17.2 Å². The number of nitrogens with zero attached hydrogens (tertiary/aromatic N) is 2. The number of rotatable bonds is 6. The van der Waals surface area contributed by atoms with E-state index in [0.29, 0.717) is 5.56 Å². The molecule has 0 saturated carbocycles. The zero-order valence-electron chi connectivity index (χ0n) is 24.6. The first kappa shape index (κ1) is 32.1. The molecule has 0 aliphatic heterocycles. The van der Waals surface area contributed by atoms with Gasteiger partial charge in [-0.2, -0.15) is 0 Å². The average Bonchev–Trinajstić information content (AvgIpc) is 2.90. The van der Waals surface area contributed by atoms with Crippen molar-refractivity contribution in [1.82, 2.24) is 9.97 Å². The van der Waals surface area contributed by atoms with Crippen molar-refractivity contribution in [2.24, 2.45) is 0 Å². The smallest absolute Gasteiger partial charge is 0.310 e. The number of pyridine rings is 2. The molecule has 4 nitrogen and oxygen atoms in total. The van der Waals surface area contributed by atoms with Crippen LogP contribution in [-0.2, 0) is 16.0 Å². The highest BCUT2D eigenvalue weighted by molar-refractivity contribution is 9.10. The summed E-state index contributed by atoms with van der Waals surface area (Å²) in [5.74, 6) is -0.451. The Labute approximate surface area is 250 Å². The van der Waals surface area contributed by atoms with E-state index >= 15 is 0 Å². The fourth-order valence-electron chi connectivity index (χ4n) is 4.45. The summed E-state index contributed by atoms with van der Waals surface area (Å²) in [5.41, 5.74) is 5.46. The van der Waals surface area contributed by atoms with Crippen LogP contribution in [0.3, 0.4) is 0 Å². The molecule has 4 rings (SSSR count). The van der Waals surface area contributed by atoms with Crippen molar-refractivity contribution >= 4 is 21.9 Å². The first-order valence-corrected chi connectivity index (χ1v) is 14.4. The van der Waals surface area contributed by atoms with Gasteiger partial charge in [-0.15, -0.1) is 0 Å². The minimum atomic E-state index is -0.550. The molecule has 0 atom stereocenters. The quantitative estimate of drug-likeness (QED) is 0.201. The van der Waals surface area contributed by atoms with Crippen LogP contribution < -0.4 is 0 Å². The number of carbonyl (C=O) groups is 1. The molecule has 0 aliphatic carbocycles. The van der Waals surface area contributed by atoms with Gasteiger partial charge in [0, 0.05) is 29.3 Å². The molecule has 2 aromatic carbocycles. The first-order valence-electron chi connectivity index (χ1n) is 13.6. The second-order valence-electron chi connectivity index (χ2n) is 11.4. The van der Waals surface area contributed by atoms with E-state index < -0.39 is 5.60 Å². The number of halogens is 3. The lowest BCUT2D eigenvalue weighted by atomic mass is 9.88. The maximum Gasteiger partial charge on any atom is 0.310 e. The largest absolute Gasteiger partial charge is 0.460 e. The van der Waals surface area contributed by atoms with Crippen molar-refractivity contribution in [2.75, 3.05) is 0 Å². The summed E-state index contributed by atoms with van der Waals surface area (Å²) in [7, 11) is 0. The summed E-state index contributed by atoms with van der Waals surface area (Å²) < 4.78 is 34.2. The summed E-state index contributed by atoms with van der Waals surface area (Å²) in [6.07, 6.45) is 6.85. The van der Waals surface area contributed by atoms with Crippen molar-refractivity contribution in [2.45, 2.75) is 72.3 Å². The second kappa shape index (κ2) is 13.9. The SMILES string of the molecule is CC(C)c1cc(F)cc(-c2ccncc2)c1Br.CC(C)c1cc(F)cc(-c2ccncc2)c1CC(=O)OC(C)(C)C. The van der Waals surface area contributed by atoms with E-state index in [2.05, 4.69) is 39.7 Å². The van der Waals surface area contributed by atoms with Crippen LogP contribution in [0.5, 0.6) is 0 Å². The van der Waals surface area contributed by atoms with Gasteiger partial charge in [0.15, 0.2) is 0 Å². The monoisotopic (exact) mass is 622 g/mol. The molecule has 0 unspecified atom stereocenters. The van der Waals surface area contributed by atoms with Gasteiger partial charge in [-0.05, 0) is 136 Å². The molecule has 0 saturated heterocycles. The van der Waals surface area contributed by atoms with Gasteiger partial charge in [0.05, 0.1) is 6.42 Å². The number of carbonyl (C=O) groups excluding carboxylic acids is 1. The highest BCUT2D eigenvalue weighted by Crippen LogP contribution is 2.35. The van der Waals surface area contributed by atoms with Crippen molar-refractivity contribution in [3.05, 3.63) is 106 Å². The lowest BCUT2D eigenvalue weighted by molar-refractivity contribution is -0.153. The fourth-order valence-corrected chi connectivity index (χ4v) is 5.37. The molecule has 0 bridgehead atoms. The third kappa shape index (κ3) is 9.02. The van der Waals surface area contributed by atoms with Gasteiger partial charge < -0.3 is 4.74 Å². The second-order valence-corrected chi connectivity index (χ2v) is 12.2. The molecule has 7 heteroatoms. The molecule has 41 heavy (non-hydrogen) atoms. The topological polar surface area (TPSA) is 52.1 Å². The lowest BCUT2D eigenvalue weighted by Gasteiger charge is -2.22. The van der Waals surface area contributed by atoms with Gasteiger partial charge in [-0.3, -0.25) is 14.8 Å². The molecule has 0 spiro atoms. The fraction of sp³-hybridized carbons (Fsp3) is 0.324. The molecule has 4 aromatic rings. The van der Waals surface area contributed by atoms with Gasteiger partial charge in [0.2, 0.25) is 0 Å². The average molecular weight is 624 g/mol. The van der Waals surface area contributed by atoms with Crippen LogP contribution in [0, 0.1) is 11.6 Å². The maximum atomic E-state index is 14.1. The van der Waals surface area contributed by atoms with Crippen molar-refractivity contribution in [3.8, 4) is 22.3 Å². The molecule has 0 aliphatic rings. The van der Waals surface area contributed by atoms with Crippen LogP contribution in [0.4, 0.5) is 8.78 Å². The summed E-state index contributed by atoms with van der Waals surface area (Å²) in [6, 6.07) is 13.5. The molecule has 0 radical (unpaired) electrons. The van der Waals surface area contributed by atoms with Crippen LogP contribution in [-0.4, -0.2) is 21.5 Å². The maximum absolute atomic E-state index is 14.1. The van der Waals surface area contributed by atoms with Crippen molar-refractivity contribution in [3.63, 3.8) is 0 Å². The Hall–Kier alpha value is -3.45. The van der Waals surface area contributed by atoms with Crippen LogP contribution in [0.15, 0.2) is 77.8 Å². The van der Waals surface area contributed by atoms with Crippen molar-refractivity contribution < 1.29 is 18.3 Å². The Kier molecular flexibility index (Phi) is 10.9. The first-order chi connectivity index (χ1) is 19.3. The van der Waals surface area contributed by atoms with Crippen LogP contribution in [0.1, 0.15) is 77.0 Å². The molecule has 216 valence electrons. The standard InChI is InChI=1S/C20H24FNO2.C14H13BrFN/c1-13(2)16-10-15(21)11-17(14-6-8-22-9-7-14)18(16)12-19(23)24-20(3,4)5;1-9(2)12-7-11(16)8-13(14(12)15)10-3-5-17-6-4-10/h6-11,13H,12H2,1-5H3;3-9H,1-2H3. The molecule has 2 heterocycles. The number of esters is 1. The van der Waals surface area contributed by atoms with E-state index in [1.165, 1.54) is 12.1 Å². The number of benzene rings is 2. The predicted octanol–water partition coefficient (Wildman–Crippen LogP) is 9.67. The van der Waals surface area contributed by atoms with E-state index in [4.69, 9.17) is 4.74 Å². The Morgan fingerprint density at radius 1 is 0.780 bits per heavy atom. The summed E-state index contributed by atoms with van der Waals surface area (Å²) in [6.45, 7) is 13.6. The van der Waals surface area contributed by atoms with Gasteiger partial charge >= 0.3 is 5.97 Å². The van der Waals surface area contributed by atoms with E-state index in [1.807, 2.05) is 58.9 Å². The molecular formula is C34H37BrF2N2O2. The van der Waals surface area contributed by atoms with E-state index in [1.54, 1.807) is 36.9 Å². The number of aromatic nitrogens is 2. The summed E-state index contributed by atoms with van der Waals surface area (Å²) in [5, 5.41) is 0. The van der Waals surface area contributed by atoms with Crippen LogP contribution >= 0.6 is 15.9 Å². The summed E-state index contributed by atoms with van der Waals surface area (Å²) in [4.78, 5) is 20.3. The third-order valence-electron chi connectivity index (χ3n) is 6.28. The number of hydrogen-bond acceptors (Lipinski definition) is 4. The Morgan fingerprint density at radius 2 is 1.22 bits per heavy atom. The van der Waals surface area contributed by atoms with Crippen LogP contribution in [0.2, 0.25) is 0 Å². The lowest BCUT2D eigenvalue weighted by Crippen LogP contribution is -2.25. The number of hydrogen-bond donors (Lipinski definition) is 0. The zero-order chi connectivity index (χ0) is 30.3. The molecule has 0 amide bonds. The minimum Gasteiger partial charge on any atom is -0.460 e. The summed E-state index contributed by atoms with van der Waals surface area (Å²) >= 11 is 3.57. The van der Waals surface area contributed by atoms with Gasteiger partial charge in [0.25, 0.3) is 0 Å². The Balaban J connectivity index is 0.000000239. The Morgan fingerprint density at radius 3 is 1.68 bits per heavy atom. The molecule has 0 N–H and O–H groups in total.